The van der Waals surface area contributed by atoms with Crippen molar-refractivity contribution in [3.63, 3.8) is 0 Å². The molecule has 8 nitrogen and oxygen atoms in total. The van der Waals surface area contributed by atoms with Gasteiger partial charge in [-0.25, -0.2) is 0 Å². The van der Waals surface area contributed by atoms with Gasteiger partial charge < -0.3 is 41.7 Å². The molecule has 8 N–H and O–H groups in total. The average molecular weight is 825 g/mol. The molecular formula is C40H96N4O4S4. The van der Waals surface area contributed by atoms with Crippen molar-refractivity contribution in [3.05, 3.63) is 0 Å². The van der Waals surface area contributed by atoms with Crippen LogP contribution in [0, 0.1) is 0 Å². The number of rotatable bonds is 10. The van der Waals surface area contributed by atoms with Crippen LogP contribution in [0.4, 0.5) is 0 Å². The number of aliphatic hydroxyl groups is 4. The van der Waals surface area contributed by atoms with E-state index in [9.17, 15) is 10.2 Å². The number of likely N-dealkylation sites (N-methyl/N-ethyl adjacent to an activating group) is 3. The summed E-state index contributed by atoms with van der Waals surface area (Å²) >= 11 is 17.4. The molecule has 0 atom stereocenters. The van der Waals surface area contributed by atoms with Gasteiger partial charge in [-0.15, -0.1) is 0 Å². The van der Waals surface area contributed by atoms with Crippen molar-refractivity contribution in [1.29, 1.82) is 0 Å². The molecule has 0 aromatic heterocycles. The van der Waals surface area contributed by atoms with Crippen LogP contribution < -0.4 is 21.3 Å². The third kappa shape index (κ3) is 28.5. The summed E-state index contributed by atoms with van der Waals surface area (Å²) in [7, 11) is 7.77. The Kier molecular flexibility index (Phi) is 28.6. The quantitative estimate of drug-likeness (QED) is 0.101. The molecule has 0 rings (SSSR count). The second-order valence-corrected chi connectivity index (χ2v) is 24.4. The molecule has 0 aromatic rings. The van der Waals surface area contributed by atoms with Gasteiger partial charge in [0, 0.05) is 41.1 Å². The first-order chi connectivity index (χ1) is 21.7. The molecule has 0 fully saturated rings. The fraction of sp³-hybridized carbons (Fsp3) is 1.00. The molecule has 0 aliphatic heterocycles. The molecule has 0 aliphatic rings. The van der Waals surface area contributed by atoms with Crippen LogP contribution >= 0.6 is 50.5 Å². The third-order valence-corrected chi connectivity index (χ3v) is 14.0. The van der Waals surface area contributed by atoms with Crippen molar-refractivity contribution in [1.82, 2.24) is 21.3 Å². The molecule has 0 amide bonds. The Hall–Kier alpha value is 1.08. The van der Waals surface area contributed by atoms with E-state index in [2.05, 4.69) is 155 Å². The van der Waals surface area contributed by atoms with Crippen LogP contribution in [0.5, 0.6) is 0 Å². The Bertz CT molecular complexity index is 784. The van der Waals surface area contributed by atoms with Crippen LogP contribution in [-0.2, 0) is 0 Å². The summed E-state index contributed by atoms with van der Waals surface area (Å²) in [5.41, 5.74) is -3.25. The molecule has 0 aromatic carbocycles. The smallest absolute Gasteiger partial charge is 0.0872 e. The predicted octanol–water partition coefficient (Wildman–Crippen LogP) is 7.83. The summed E-state index contributed by atoms with van der Waals surface area (Å²) in [6, 6.07) is 0. The molecule has 0 radical (unpaired) electrons. The molecule has 0 bridgehead atoms. The van der Waals surface area contributed by atoms with Crippen molar-refractivity contribution in [2.24, 2.45) is 0 Å². The summed E-state index contributed by atoms with van der Waals surface area (Å²) in [6.07, 6.45) is 0. The number of hydrogen-bond acceptors (Lipinski definition) is 12. The molecular weight excluding hydrogens is 729 g/mol. The minimum absolute atomic E-state index is 0.00386. The Labute approximate surface area is 348 Å². The van der Waals surface area contributed by atoms with Crippen LogP contribution in [-0.4, -0.2) is 112 Å². The number of nitrogens with one attached hydrogen (secondary N) is 4. The monoisotopic (exact) mass is 825 g/mol. The SMILES string of the molecule is CC(C)(O)C(C)(C)O.CC(C)(O)C(C)(C)S.CC(C)(S)C(C)(C)S.CNC(C)(C)C(C)(C)NC.CNC(C)(C)C(C)(C)O.CNC(C)(C)C(C)(C)S. The van der Waals surface area contributed by atoms with E-state index in [4.69, 9.17) is 10.2 Å². The van der Waals surface area contributed by atoms with E-state index in [-0.39, 0.29) is 41.1 Å². The molecule has 0 heterocycles. The summed E-state index contributed by atoms with van der Waals surface area (Å²) in [6.45, 7) is 46.6. The lowest BCUT2D eigenvalue weighted by Crippen LogP contribution is -2.61. The first kappa shape index (κ1) is 65.0. The average Bonchev–Trinajstić information content (AvgIpc) is 2.85. The van der Waals surface area contributed by atoms with Gasteiger partial charge in [0.1, 0.15) is 0 Å². The summed E-state index contributed by atoms with van der Waals surface area (Å²) in [4.78, 5) is 0. The van der Waals surface area contributed by atoms with Crippen LogP contribution in [0.25, 0.3) is 0 Å². The van der Waals surface area contributed by atoms with Gasteiger partial charge in [0.2, 0.25) is 0 Å². The minimum Gasteiger partial charge on any atom is -0.389 e. The molecule has 0 saturated carbocycles. The van der Waals surface area contributed by atoms with Gasteiger partial charge in [-0.1, -0.05) is 0 Å². The maximum atomic E-state index is 9.48. The zero-order valence-electron chi connectivity index (χ0n) is 39.6. The lowest BCUT2D eigenvalue weighted by molar-refractivity contribution is -0.107. The van der Waals surface area contributed by atoms with Crippen molar-refractivity contribution in [3.8, 4) is 0 Å². The standard InChI is InChI=1S/C8H20N2.C7H17NO.C7H17NS.C6H14O2.C6H14OS.C6H14S2/c1-7(2,9-5)8(3,4)10-6;2*1-6(2,8-5)7(3,4)9;3*1-5(2,7)6(3,4)8/h9-10H,1-6H3;2*8-9H,1-5H3;3*7-8H,1-4H3. The van der Waals surface area contributed by atoms with Gasteiger partial charge in [0.25, 0.3) is 0 Å². The molecule has 0 spiro atoms. The Balaban J connectivity index is -0.000000122. The topological polar surface area (TPSA) is 129 Å². The van der Waals surface area contributed by atoms with Gasteiger partial charge >= 0.3 is 0 Å². The van der Waals surface area contributed by atoms with Crippen LogP contribution in [0.3, 0.4) is 0 Å². The van der Waals surface area contributed by atoms with Gasteiger partial charge in [0.05, 0.1) is 22.4 Å². The van der Waals surface area contributed by atoms with Crippen LogP contribution in [0.2, 0.25) is 0 Å². The minimum atomic E-state index is -1.01. The molecule has 0 unspecified atom stereocenters. The van der Waals surface area contributed by atoms with Gasteiger partial charge in [-0.2, -0.15) is 50.5 Å². The highest BCUT2D eigenvalue weighted by atomic mass is 32.1. The molecule has 0 saturated heterocycles. The zero-order chi connectivity index (χ0) is 44.8. The van der Waals surface area contributed by atoms with E-state index in [0.717, 1.165) is 0 Å². The van der Waals surface area contributed by atoms with Gasteiger partial charge in [-0.3, -0.25) is 0 Å². The lowest BCUT2D eigenvalue weighted by Gasteiger charge is -2.41. The van der Waals surface area contributed by atoms with E-state index in [1.54, 1.807) is 55.4 Å². The molecule has 0 aliphatic carbocycles. The fourth-order valence-corrected chi connectivity index (χ4v) is 1.35. The third-order valence-electron chi connectivity index (χ3n) is 11.6. The molecule has 52 heavy (non-hydrogen) atoms. The highest BCUT2D eigenvalue weighted by Crippen LogP contribution is 2.32. The predicted molar refractivity (Wildman–Crippen MR) is 250 cm³/mol. The van der Waals surface area contributed by atoms with E-state index < -0.39 is 22.4 Å². The number of thiol groups is 4. The molecule has 324 valence electrons. The largest absolute Gasteiger partial charge is 0.389 e. The normalized spacial score (nSPS) is 14.1. The highest BCUT2D eigenvalue weighted by Gasteiger charge is 2.35. The summed E-state index contributed by atoms with van der Waals surface area (Å²) in [5.74, 6) is 0. The second-order valence-electron chi connectivity index (χ2n) is 20.0. The summed E-state index contributed by atoms with van der Waals surface area (Å²) < 4.78 is -0.291. The second kappa shape index (κ2) is 22.9. The van der Waals surface area contributed by atoms with E-state index >= 15 is 0 Å². The van der Waals surface area contributed by atoms with Gasteiger partial charge in [0.15, 0.2) is 0 Å². The first-order valence-corrected chi connectivity index (χ1v) is 20.1. The van der Waals surface area contributed by atoms with Crippen LogP contribution in [0.15, 0.2) is 0 Å². The lowest BCUT2D eigenvalue weighted by atomic mass is 9.83. The maximum Gasteiger partial charge on any atom is 0.0872 e. The van der Waals surface area contributed by atoms with Crippen molar-refractivity contribution < 1.29 is 20.4 Å². The summed E-state index contributed by atoms with van der Waals surface area (Å²) in [5, 5.41) is 49.7. The Morgan fingerprint density at radius 3 is 0.442 bits per heavy atom. The molecule has 12 heteroatoms. The van der Waals surface area contributed by atoms with Crippen molar-refractivity contribution in [2.45, 2.75) is 230 Å². The zero-order valence-corrected chi connectivity index (χ0v) is 43.2. The van der Waals surface area contributed by atoms with E-state index in [0.29, 0.717) is 0 Å². The van der Waals surface area contributed by atoms with Gasteiger partial charge in [-0.05, 0) is 194 Å². The fourth-order valence-electron chi connectivity index (χ4n) is 1.24. The van der Waals surface area contributed by atoms with Crippen molar-refractivity contribution >= 4 is 50.5 Å². The first-order valence-electron chi connectivity index (χ1n) is 18.3. The maximum absolute atomic E-state index is 9.48. The Morgan fingerprint density at radius 2 is 0.423 bits per heavy atom. The van der Waals surface area contributed by atoms with E-state index in [1.807, 2.05) is 55.9 Å². The van der Waals surface area contributed by atoms with E-state index in [1.165, 1.54) is 0 Å². The highest BCUT2D eigenvalue weighted by molar-refractivity contribution is 7.86. The van der Waals surface area contributed by atoms with Crippen molar-refractivity contribution in [2.75, 3.05) is 28.2 Å². The Morgan fingerprint density at radius 1 is 0.250 bits per heavy atom. The number of hydrogen-bond donors (Lipinski definition) is 12. The van der Waals surface area contributed by atoms with Crippen LogP contribution in [0.1, 0.15) is 166 Å².